The number of nitrogens with two attached hydrogens (primary N) is 1. The van der Waals surface area contributed by atoms with Crippen LogP contribution in [0.15, 0.2) is 6.07 Å². The van der Waals surface area contributed by atoms with Crippen molar-refractivity contribution in [3.63, 3.8) is 0 Å². The molecule has 1 aromatic heterocycles. The second-order valence-electron chi connectivity index (χ2n) is 6.23. The third-order valence-electron chi connectivity index (χ3n) is 3.67. The predicted octanol–water partition coefficient (Wildman–Crippen LogP) is 2.44. The Labute approximate surface area is 115 Å². The van der Waals surface area contributed by atoms with Crippen LogP contribution in [0.5, 0.6) is 0 Å². The molecule has 5 heteroatoms. The molecule has 0 aliphatic carbocycles. The summed E-state index contributed by atoms with van der Waals surface area (Å²) in [5.41, 5.74) is 2.58. The number of hydrogen-bond donors (Lipinski definition) is 2. The Hall–Kier alpha value is -1.36. The Morgan fingerprint density at radius 3 is 2.74 bits per heavy atom. The van der Waals surface area contributed by atoms with E-state index in [0.29, 0.717) is 11.9 Å². The zero-order valence-electron chi connectivity index (χ0n) is 12.4. The van der Waals surface area contributed by atoms with E-state index in [9.17, 15) is 0 Å². The summed E-state index contributed by atoms with van der Waals surface area (Å²) in [6.45, 7) is 9.66. The van der Waals surface area contributed by atoms with Gasteiger partial charge in [0.05, 0.1) is 0 Å². The number of nitrogens with one attached hydrogen (secondary N) is 1. The van der Waals surface area contributed by atoms with Crippen molar-refractivity contribution in [3.8, 4) is 0 Å². The minimum Gasteiger partial charge on any atom is -0.353 e. The number of rotatable bonds is 3. The van der Waals surface area contributed by atoms with E-state index in [1.807, 2.05) is 6.07 Å². The van der Waals surface area contributed by atoms with Crippen LogP contribution in [0.25, 0.3) is 0 Å². The minimum absolute atomic E-state index is 0.0803. The summed E-state index contributed by atoms with van der Waals surface area (Å²) < 4.78 is 0. The molecule has 0 spiro atoms. The fraction of sp³-hybridized carbons (Fsp3) is 0.714. The molecule has 5 nitrogen and oxygen atoms in total. The molecule has 0 aromatic carbocycles. The number of hydrogen-bond acceptors (Lipinski definition) is 5. The van der Waals surface area contributed by atoms with Crippen LogP contribution >= 0.6 is 0 Å². The van der Waals surface area contributed by atoms with E-state index in [1.54, 1.807) is 0 Å². The highest BCUT2D eigenvalue weighted by molar-refractivity contribution is 5.50. The molecule has 0 saturated carbocycles. The van der Waals surface area contributed by atoms with Crippen molar-refractivity contribution in [2.24, 2.45) is 5.84 Å². The zero-order valence-corrected chi connectivity index (χ0v) is 12.4. The lowest BCUT2D eigenvalue weighted by Crippen LogP contribution is -2.31. The molecule has 106 valence electrons. The quantitative estimate of drug-likeness (QED) is 0.647. The van der Waals surface area contributed by atoms with E-state index in [-0.39, 0.29) is 5.41 Å². The molecule has 0 amide bonds. The van der Waals surface area contributed by atoms with Crippen LogP contribution in [0.2, 0.25) is 0 Å². The zero-order chi connectivity index (χ0) is 14.0. The maximum atomic E-state index is 5.54. The average molecular weight is 263 g/mol. The monoisotopic (exact) mass is 263 g/mol. The lowest BCUT2D eigenvalue weighted by molar-refractivity contribution is 0.542. The van der Waals surface area contributed by atoms with Gasteiger partial charge in [0, 0.05) is 24.1 Å². The summed E-state index contributed by atoms with van der Waals surface area (Å²) in [6, 6.07) is 2.54. The summed E-state index contributed by atoms with van der Waals surface area (Å²) in [7, 11) is 0. The Morgan fingerprint density at radius 1 is 1.42 bits per heavy atom. The first-order valence-corrected chi connectivity index (χ1v) is 7.08. The van der Waals surface area contributed by atoms with Crippen molar-refractivity contribution in [3.05, 3.63) is 11.9 Å². The van der Waals surface area contributed by atoms with E-state index >= 15 is 0 Å². The molecule has 0 radical (unpaired) electrons. The van der Waals surface area contributed by atoms with E-state index in [4.69, 9.17) is 10.8 Å². The lowest BCUT2D eigenvalue weighted by atomic mass is 9.96. The van der Waals surface area contributed by atoms with Gasteiger partial charge in [0.15, 0.2) is 0 Å². The Balaban J connectivity index is 2.39. The fourth-order valence-corrected chi connectivity index (χ4v) is 2.55. The second kappa shape index (κ2) is 5.33. The van der Waals surface area contributed by atoms with E-state index in [0.717, 1.165) is 24.6 Å². The number of nitrogen functional groups attached to an aromatic ring is 1. The minimum atomic E-state index is -0.0803. The highest BCUT2D eigenvalue weighted by atomic mass is 15.3. The standard InChI is InChI=1S/C14H25N5/c1-5-10-7-6-8-19(10)12-9-11(18-15)16-13(17-12)14(2,3)4/h9-10H,5-8,15H2,1-4H3,(H,16,17,18). The van der Waals surface area contributed by atoms with Gasteiger partial charge in [-0.2, -0.15) is 0 Å². The van der Waals surface area contributed by atoms with Crippen LogP contribution in [0, 0.1) is 0 Å². The van der Waals surface area contributed by atoms with Gasteiger partial charge < -0.3 is 10.3 Å². The van der Waals surface area contributed by atoms with Gasteiger partial charge in [0.1, 0.15) is 17.5 Å². The first-order chi connectivity index (χ1) is 8.95. The second-order valence-corrected chi connectivity index (χ2v) is 6.23. The van der Waals surface area contributed by atoms with Crippen LogP contribution in [-0.4, -0.2) is 22.6 Å². The Kier molecular flexibility index (Phi) is 3.94. The summed E-state index contributed by atoms with van der Waals surface area (Å²) in [5, 5.41) is 0. The largest absolute Gasteiger partial charge is 0.353 e. The smallest absolute Gasteiger partial charge is 0.145 e. The lowest BCUT2D eigenvalue weighted by Gasteiger charge is -2.27. The van der Waals surface area contributed by atoms with E-state index < -0.39 is 0 Å². The third kappa shape index (κ3) is 2.97. The van der Waals surface area contributed by atoms with Crippen molar-refractivity contribution in [1.82, 2.24) is 9.97 Å². The molecular weight excluding hydrogens is 238 g/mol. The average Bonchev–Trinajstić information content (AvgIpc) is 2.85. The number of nitrogens with zero attached hydrogens (tertiary/aromatic N) is 3. The molecule has 19 heavy (non-hydrogen) atoms. The van der Waals surface area contributed by atoms with E-state index in [1.165, 1.54) is 12.8 Å². The molecule has 1 atom stereocenters. The number of hydrazine groups is 1. The van der Waals surface area contributed by atoms with Gasteiger partial charge in [-0.05, 0) is 19.3 Å². The summed E-state index contributed by atoms with van der Waals surface area (Å²) >= 11 is 0. The van der Waals surface area contributed by atoms with Crippen molar-refractivity contribution in [2.45, 2.75) is 58.4 Å². The molecule has 1 unspecified atom stereocenters. The summed E-state index contributed by atoms with van der Waals surface area (Å²) in [5.74, 6) is 8.06. The topological polar surface area (TPSA) is 67.1 Å². The molecule has 1 aliphatic heterocycles. The van der Waals surface area contributed by atoms with Gasteiger partial charge in [0.25, 0.3) is 0 Å². The maximum Gasteiger partial charge on any atom is 0.145 e. The van der Waals surface area contributed by atoms with Gasteiger partial charge in [-0.25, -0.2) is 15.8 Å². The summed E-state index contributed by atoms with van der Waals surface area (Å²) in [6.07, 6.45) is 3.63. The van der Waals surface area contributed by atoms with Crippen LogP contribution in [0.3, 0.4) is 0 Å². The molecule has 1 saturated heterocycles. The first kappa shape index (κ1) is 14.1. The summed E-state index contributed by atoms with van der Waals surface area (Å²) in [4.78, 5) is 11.6. The predicted molar refractivity (Wildman–Crippen MR) is 79.2 cm³/mol. The molecule has 1 aromatic rings. The normalized spacial score (nSPS) is 19.8. The molecule has 3 N–H and O–H groups in total. The van der Waals surface area contributed by atoms with Gasteiger partial charge >= 0.3 is 0 Å². The van der Waals surface area contributed by atoms with Crippen molar-refractivity contribution in [2.75, 3.05) is 16.9 Å². The van der Waals surface area contributed by atoms with E-state index in [2.05, 4.69) is 43.0 Å². The molecule has 0 bridgehead atoms. The van der Waals surface area contributed by atoms with Crippen molar-refractivity contribution in [1.29, 1.82) is 0 Å². The highest BCUT2D eigenvalue weighted by Gasteiger charge is 2.26. The first-order valence-electron chi connectivity index (χ1n) is 7.08. The SMILES string of the molecule is CCC1CCCN1c1cc(NN)nc(C(C)(C)C)n1. The third-order valence-corrected chi connectivity index (χ3v) is 3.67. The molecule has 2 heterocycles. The highest BCUT2D eigenvalue weighted by Crippen LogP contribution is 2.29. The Morgan fingerprint density at radius 2 is 2.16 bits per heavy atom. The molecule has 1 aliphatic rings. The van der Waals surface area contributed by atoms with Crippen LogP contribution in [-0.2, 0) is 5.41 Å². The number of aromatic nitrogens is 2. The van der Waals surface area contributed by atoms with Crippen LogP contribution < -0.4 is 16.2 Å². The molecule has 2 rings (SSSR count). The Bertz CT molecular complexity index is 438. The van der Waals surface area contributed by atoms with Gasteiger partial charge in [-0.15, -0.1) is 0 Å². The van der Waals surface area contributed by atoms with Gasteiger partial charge in [-0.3, -0.25) is 0 Å². The van der Waals surface area contributed by atoms with Crippen molar-refractivity contribution < 1.29 is 0 Å². The molecule has 1 fully saturated rings. The molecular formula is C14H25N5. The van der Waals surface area contributed by atoms with Gasteiger partial charge in [-0.1, -0.05) is 27.7 Å². The van der Waals surface area contributed by atoms with Crippen molar-refractivity contribution >= 4 is 11.6 Å². The maximum absolute atomic E-state index is 5.54. The van der Waals surface area contributed by atoms with Crippen LogP contribution in [0.1, 0.15) is 52.8 Å². The van der Waals surface area contributed by atoms with Gasteiger partial charge in [0.2, 0.25) is 0 Å². The van der Waals surface area contributed by atoms with Crippen LogP contribution in [0.4, 0.5) is 11.6 Å². The fourth-order valence-electron chi connectivity index (χ4n) is 2.55. The number of anilines is 2.